The monoisotopic (exact) mass is 384 g/mol. The fourth-order valence-corrected chi connectivity index (χ4v) is 2.99. The number of thioether (sulfide) groups is 1. The van der Waals surface area contributed by atoms with Crippen LogP contribution in [0.3, 0.4) is 0 Å². The van der Waals surface area contributed by atoms with Gasteiger partial charge in [0.1, 0.15) is 5.69 Å². The number of rotatable bonds is 6. The van der Waals surface area contributed by atoms with E-state index in [2.05, 4.69) is 15.5 Å². The Hall–Kier alpha value is -3.40. The Morgan fingerprint density at radius 1 is 1.22 bits per heavy atom. The van der Waals surface area contributed by atoms with E-state index in [-0.39, 0.29) is 17.1 Å². The Labute approximate surface area is 158 Å². The quantitative estimate of drug-likeness (QED) is 0.289. The molecule has 0 saturated carbocycles. The minimum absolute atomic E-state index is 0.0186. The number of amides is 1. The molecule has 0 radical (unpaired) electrons. The number of carbonyl (C=O) groups excluding carboxylic acids is 1. The molecule has 27 heavy (non-hydrogen) atoms. The highest BCUT2D eigenvalue weighted by atomic mass is 32.2. The van der Waals surface area contributed by atoms with Crippen molar-refractivity contribution in [1.29, 1.82) is 0 Å². The van der Waals surface area contributed by atoms with Crippen LogP contribution in [0.5, 0.6) is 0 Å². The van der Waals surface area contributed by atoms with Gasteiger partial charge in [0.25, 0.3) is 5.69 Å². The molecule has 138 valence electrons. The van der Waals surface area contributed by atoms with Crippen LogP contribution in [-0.2, 0) is 4.79 Å². The normalized spacial score (nSPS) is 10.6. The van der Waals surface area contributed by atoms with E-state index in [1.54, 1.807) is 6.07 Å². The number of nitrogens with zero attached hydrogens (tertiary/aromatic N) is 4. The van der Waals surface area contributed by atoms with Crippen molar-refractivity contribution in [1.82, 2.24) is 14.9 Å². The van der Waals surface area contributed by atoms with E-state index in [1.165, 1.54) is 22.9 Å². The van der Waals surface area contributed by atoms with Crippen LogP contribution < -0.4 is 11.2 Å². The second-order valence-corrected chi connectivity index (χ2v) is 6.60. The van der Waals surface area contributed by atoms with Gasteiger partial charge in [-0.15, -0.1) is 10.2 Å². The Kier molecular flexibility index (Phi) is 5.36. The zero-order valence-electron chi connectivity index (χ0n) is 14.3. The maximum Gasteiger partial charge on any atom is 0.292 e. The first-order valence-corrected chi connectivity index (χ1v) is 8.88. The molecular formula is C17H16N6O3S. The molecule has 1 heterocycles. The summed E-state index contributed by atoms with van der Waals surface area (Å²) in [7, 11) is 0. The van der Waals surface area contributed by atoms with Crippen molar-refractivity contribution in [2.24, 2.45) is 0 Å². The molecule has 0 fully saturated rings. The molecule has 0 bridgehead atoms. The van der Waals surface area contributed by atoms with Crippen LogP contribution in [0.15, 0.2) is 53.7 Å². The van der Waals surface area contributed by atoms with Crippen LogP contribution in [-0.4, -0.2) is 31.5 Å². The number of benzene rings is 2. The number of nitrogens with two attached hydrogens (primary N) is 1. The van der Waals surface area contributed by atoms with Gasteiger partial charge in [0.15, 0.2) is 5.82 Å². The van der Waals surface area contributed by atoms with Gasteiger partial charge in [-0.05, 0) is 13.0 Å². The van der Waals surface area contributed by atoms with Gasteiger partial charge in [-0.1, -0.05) is 53.7 Å². The molecule has 3 aromatic rings. The maximum absolute atomic E-state index is 12.1. The van der Waals surface area contributed by atoms with Gasteiger partial charge in [0.2, 0.25) is 11.1 Å². The van der Waals surface area contributed by atoms with Crippen LogP contribution in [0, 0.1) is 17.0 Å². The highest BCUT2D eigenvalue weighted by Gasteiger charge is 2.17. The van der Waals surface area contributed by atoms with Crippen molar-refractivity contribution in [3.63, 3.8) is 0 Å². The molecule has 0 spiro atoms. The third kappa shape index (κ3) is 4.23. The molecule has 9 nitrogen and oxygen atoms in total. The summed E-state index contributed by atoms with van der Waals surface area (Å²) in [6.45, 7) is 1.98. The predicted molar refractivity (Wildman–Crippen MR) is 103 cm³/mol. The van der Waals surface area contributed by atoms with E-state index in [4.69, 9.17) is 5.84 Å². The number of nitrogen functional groups attached to an aromatic ring is 1. The first kappa shape index (κ1) is 18.4. The van der Waals surface area contributed by atoms with E-state index in [9.17, 15) is 14.9 Å². The van der Waals surface area contributed by atoms with Crippen molar-refractivity contribution >= 4 is 29.0 Å². The molecule has 0 aliphatic carbocycles. The van der Waals surface area contributed by atoms with E-state index < -0.39 is 10.8 Å². The van der Waals surface area contributed by atoms with Crippen LogP contribution in [0.1, 0.15) is 5.56 Å². The number of carbonyl (C=O) groups is 1. The average Bonchev–Trinajstić information content (AvgIpc) is 3.01. The molecule has 0 atom stereocenters. The number of hydrogen-bond acceptors (Lipinski definition) is 7. The third-order valence-corrected chi connectivity index (χ3v) is 4.62. The van der Waals surface area contributed by atoms with Gasteiger partial charge in [-0.3, -0.25) is 14.9 Å². The smallest absolute Gasteiger partial charge is 0.292 e. The van der Waals surface area contributed by atoms with Crippen LogP contribution in [0.25, 0.3) is 11.4 Å². The van der Waals surface area contributed by atoms with E-state index >= 15 is 0 Å². The molecule has 1 aromatic heterocycles. The number of nitro groups is 1. The number of nitro benzene ring substituents is 1. The topological polar surface area (TPSA) is 129 Å². The van der Waals surface area contributed by atoms with Crippen molar-refractivity contribution in [2.45, 2.75) is 12.1 Å². The Morgan fingerprint density at radius 2 is 1.93 bits per heavy atom. The molecule has 3 rings (SSSR count). The lowest BCUT2D eigenvalue weighted by Gasteiger charge is -2.06. The molecule has 0 aliphatic rings. The predicted octanol–water partition coefficient (Wildman–Crippen LogP) is 2.61. The SMILES string of the molecule is Cc1ccc(-c2nnc(SCC(=O)Nc3ccccc3[N+](=O)[O-])n2N)cc1. The molecule has 0 aliphatic heterocycles. The number of nitrogens with one attached hydrogen (secondary N) is 1. The Bertz CT molecular complexity index is 987. The molecule has 10 heteroatoms. The summed E-state index contributed by atoms with van der Waals surface area (Å²) in [5, 5.41) is 22.0. The number of hydrogen-bond donors (Lipinski definition) is 2. The number of anilines is 1. The van der Waals surface area contributed by atoms with E-state index in [0.29, 0.717) is 11.0 Å². The van der Waals surface area contributed by atoms with Crippen LogP contribution in [0.4, 0.5) is 11.4 Å². The number of aromatic nitrogens is 3. The van der Waals surface area contributed by atoms with Gasteiger partial charge in [-0.25, -0.2) is 4.68 Å². The van der Waals surface area contributed by atoms with Gasteiger partial charge in [0.05, 0.1) is 10.7 Å². The molecule has 1 amide bonds. The van der Waals surface area contributed by atoms with Crippen molar-refractivity contribution in [3.8, 4) is 11.4 Å². The largest absolute Gasteiger partial charge is 0.335 e. The summed E-state index contributed by atoms with van der Waals surface area (Å²) in [4.78, 5) is 22.6. The second kappa shape index (κ2) is 7.87. The number of aryl methyl sites for hydroxylation is 1. The summed E-state index contributed by atoms with van der Waals surface area (Å²) in [6, 6.07) is 13.6. The fourth-order valence-electron chi connectivity index (χ4n) is 2.33. The van der Waals surface area contributed by atoms with Crippen molar-refractivity contribution in [3.05, 3.63) is 64.2 Å². The lowest BCUT2D eigenvalue weighted by molar-refractivity contribution is -0.383. The second-order valence-electron chi connectivity index (χ2n) is 5.65. The van der Waals surface area contributed by atoms with Crippen molar-refractivity contribution < 1.29 is 9.72 Å². The molecular weight excluding hydrogens is 368 g/mol. The summed E-state index contributed by atoms with van der Waals surface area (Å²) >= 11 is 1.09. The first-order chi connectivity index (χ1) is 13.0. The van der Waals surface area contributed by atoms with Gasteiger partial charge in [-0.2, -0.15) is 0 Å². The zero-order valence-corrected chi connectivity index (χ0v) is 15.1. The Morgan fingerprint density at radius 3 is 2.63 bits per heavy atom. The minimum atomic E-state index is -0.548. The molecule has 3 N–H and O–H groups in total. The standard InChI is InChI=1S/C17H16N6O3S/c1-11-6-8-12(9-7-11)16-20-21-17(22(16)18)27-10-15(24)19-13-4-2-3-5-14(13)23(25)26/h2-9H,10,18H2,1H3,(H,19,24). The summed E-state index contributed by atoms with van der Waals surface area (Å²) in [6.07, 6.45) is 0. The summed E-state index contributed by atoms with van der Waals surface area (Å²) in [5.74, 6) is 6.08. The maximum atomic E-state index is 12.1. The van der Waals surface area contributed by atoms with Crippen molar-refractivity contribution in [2.75, 3.05) is 16.9 Å². The van der Waals surface area contributed by atoms with Crippen LogP contribution >= 0.6 is 11.8 Å². The fraction of sp³-hybridized carbons (Fsp3) is 0.118. The summed E-state index contributed by atoms with van der Waals surface area (Å²) < 4.78 is 1.31. The first-order valence-electron chi connectivity index (χ1n) is 7.89. The third-order valence-electron chi connectivity index (χ3n) is 3.68. The van der Waals surface area contributed by atoms with Gasteiger partial charge < -0.3 is 11.2 Å². The molecule has 0 unspecified atom stereocenters. The molecule has 0 saturated heterocycles. The molecule has 2 aromatic carbocycles. The summed E-state index contributed by atoms with van der Waals surface area (Å²) in [5.41, 5.74) is 1.90. The average molecular weight is 384 g/mol. The lowest BCUT2D eigenvalue weighted by atomic mass is 10.1. The lowest BCUT2D eigenvalue weighted by Crippen LogP contribution is -2.17. The Balaban J connectivity index is 1.66. The van der Waals surface area contributed by atoms with E-state index in [0.717, 1.165) is 22.9 Å². The highest BCUT2D eigenvalue weighted by molar-refractivity contribution is 7.99. The highest BCUT2D eigenvalue weighted by Crippen LogP contribution is 2.25. The zero-order chi connectivity index (χ0) is 19.4. The number of para-hydroxylation sites is 2. The minimum Gasteiger partial charge on any atom is -0.335 e. The van der Waals surface area contributed by atoms with E-state index in [1.807, 2.05) is 31.2 Å². The van der Waals surface area contributed by atoms with Gasteiger partial charge >= 0.3 is 0 Å². The van der Waals surface area contributed by atoms with Gasteiger partial charge in [0, 0.05) is 11.6 Å². The van der Waals surface area contributed by atoms with Crippen LogP contribution in [0.2, 0.25) is 0 Å².